The minimum atomic E-state index is -0.295. The molecule has 1 aliphatic rings. The van der Waals surface area contributed by atoms with E-state index >= 15 is 0 Å². The van der Waals surface area contributed by atoms with E-state index in [-0.39, 0.29) is 11.3 Å². The molecule has 1 unspecified atom stereocenters. The molecule has 2 rings (SSSR count). The van der Waals surface area contributed by atoms with Crippen molar-refractivity contribution in [1.29, 1.82) is 0 Å². The number of benzene rings is 1. The fraction of sp³-hybridized carbons (Fsp3) is 0.500. The van der Waals surface area contributed by atoms with Crippen LogP contribution in [0.5, 0.6) is 0 Å². The van der Waals surface area contributed by atoms with Crippen LogP contribution in [0.2, 0.25) is 0 Å². The van der Waals surface area contributed by atoms with Crippen molar-refractivity contribution in [2.75, 3.05) is 13.1 Å². The van der Waals surface area contributed by atoms with E-state index in [9.17, 15) is 4.79 Å². The summed E-state index contributed by atoms with van der Waals surface area (Å²) in [6, 6.07) is 9.81. The summed E-state index contributed by atoms with van der Waals surface area (Å²) in [6.45, 7) is 4.09. The van der Waals surface area contributed by atoms with Gasteiger partial charge in [0.15, 0.2) is 0 Å². The van der Waals surface area contributed by atoms with E-state index in [1.54, 1.807) is 0 Å². The number of hydroxylamine groups is 1. The van der Waals surface area contributed by atoms with Crippen LogP contribution >= 0.6 is 0 Å². The van der Waals surface area contributed by atoms with E-state index < -0.39 is 0 Å². The largest absolute Gasteiger partial charge is 0.316 e. The number of hydrogen-bond donors (Lipinski definition) is 2. The lowest BCUT2D eigenvalue weighted by atomic mass is 9.84. The first-order chi connectivity index (χ1) is 8.77. The maximum absolute atomic E-state index is 12.1. The molecular formula is C14H20N2O2. The van der Waals surface area contributed by atoms with Crippen molar-refractivity contribution in [1.82, 2.24) is 10.8 Å². The summed E-state index contributed by atoms with van der Waals surface area (Å²) in [5.74, 6) is -0.00840. The van der Waals surface area contributed by atoms with Crippen LogP contribution in [-0.4, -0.2) is 19.0 Å². The van der Waals surface area contributed by atoms with Gasteiger partial charge in [0.1, 0.15) is 0 Å². The minimum Gasteiger partial charge on any atom is -0.316 e. The molecule has 0 aromatic heterocycles. The highest BCUT2D eigenvalue weighted by molar-refractivity contribution is 5.82. The van der Waals surface area contributed by atoms with Crippen LogP contribution in [0.25, 0.3) is 0 Å². The second kappa shape index (κ2) is 5.98. The zero-order chi connectivity index (χ0) is 12.8. The third-order valence-electron chi connectivity index (χ3n) is 3.65. The Morgan fingerprint density at radius 2 is 2.22 bits per heavy atom. The molecule has 0 radical (unpaired) electrons. The normalized spacial score (nSPS) is 22.9. The quantitative estimate of drug-likeness (QED) is 0.779. The van der Waals surface area contributed by atoms with E-state index in [1.807, 2.05) is 37.3 Å². The van der Waals surface area contributed by atoms with Gasteiger partial charge in [0, 0.05) is 6.54 Å². The first kappa shape index (κ1) is 13.1. The fourth-order valence-electron chi connectivity index (χ4n) is 2.27. The Bertz CT molecular complexity index is 386. The van der Waals surface area contributed by atoms with Gasteiger partial charge in [-0.15, -0.1) is 0 Å². The maximum Gasteiger partial charge on any atom is 0.251 e. The van der Waals surface area contributed by atoms with Crippen molar-refractivity contribution in [2.45, 2.75) is 26.4 Å². The zero-order valence-electron chi connectivity index (χ0n) is 10.7. The Hall–Kier alpha value is -1.39. The predicted octanol–water partition coefficient (Wildman–Crippen LogP) is 1.62. The number of carbonyl (C=O) groups is 1. The average Bonchev–Trinajstić information content (AvgIpc) is 2.90. The number of nitrogens with one attached hydrogen (secondary N) is 2. The highest BCUT2D eigenvalue weighted by atomic mass is 16.6. The molecule has 1 amide bonds. The molecule has 0 spiro atoms. The standard InChI is InChI=1S/C14H20N2O2/c1-2-14(8-9-15-11-14)13(17)16-18-10-12-6-4-3-5-7-12/h3-7,15H,2,8-11H2,1H3,(H,16,17). The number of carbonyl (C=O) groups excluding carboxylic acids is 1. The second-order valence-electron chi connectivity index (χ2n) is 4.77. The van der Waals surface area contributed by atoms with E-state index in [4.69, 9.17) is 4.84 Å². The van der Waals surface area contributed by atoms with Gasteiger partial charge < -0.3 is 5.32 Å². The van der Waals surface area contributed by atoms with Gasteiger partial charge >= 0.3 is 0 Å². The van der Waals surface area contributed by atoms with E-state index in [0.29, 0.717) is 6.61 Å². The lowest BCUT2D eigenvalue weighted by Gasteiger charge is -2.24. The van der Waals surface area contributed by atoms with Gasteiger partial charge in [-0.1, -0.05) is 37.3 Å². The smallest absolute Gasteiger partial charge is 0.251 e. The Labute approximate surface area is 108 Å². The molecule has 1 aromatic rings. The number of hydrogen-bond acceptors (Lipinski definition) is 3. The molecule has 0 saturated carbocycles. The highest BCUT2D eigenvalue weighted by Gasteiger charge is 2.39. The molecule has 1 aliphatic heterocycles. The van der Waals surface area contributed by atoms with Gasteiger partial charge in [-0.2, -0.15) is 0 Å². The van der Waals surface area contributed by atoms with Crippen molar-refractivity contribution in [3.63, 3.8) is 0 Å². The molecule has 0 aliphatic carbocycles. The molecule has 1 heterocycles. The summed E-state index contributed by atoms with van der Waals surface area (Å²) in [7, 11) is 0. The summed E-state index contributed by atoms with van der Waals surface area (Å²) >= 11 is 0. The number of rotatable bonds is 5. The van der Waals surface area contributed by atoms with Gasteiger partial charge in [-0.3, -0.25) is 9.63 Å². The summed E-state index contributed by atoms with van der Waals surface area (Å²) in [4.78, 5) is 17.4. The van der Waals surface area contributed by atoms with Crippen molar-refractivity contribution >= 4 is 5.91 Å². The van der Waals surface area contributed by atoms with Crippen LogP contribution in [0.4, 0.5) is 0 Å². The van der Waals surface area contributed by atoms with Crippen molar-refractivity contribution in [3.8, 4) is 0 Å². The van der Waals surface area contributed by atoms with Crippen LogP contribution in [0.15, 0.2) is 30.3 Å². The highest BCUT2D eigenvalue weighted by Crippen LogP contribution is 2.29. The maximum atomic E-state index is 12.1. The molecule has 1 atom stereocenters. The first-order valence-corrected chi connectivity index (χ1v) is 6.44. The van der Waals surface area contributed by atoms with Crippen molar-refractivity contribution in [3.05, 3.63) is 35.9 Å². The Morgan fingerprint density at radius 1 is 1.44 bits per heavy atom. The lowest BCUT2D eigenvalue weighted by Crippen LogP contribution is -2.42. The molecule has 1 aromatic carbocycles. The van der Waals surface area contributed by atoms with Crippen LogP contribution in [0.3, 0.4) is 0 Å². The van der Waals surface area contributed by atoms with Crippen LogP contribution in [0.1, 0.15) is 25.3 Å². The van der Waals surface area contributed by atoms with Gasteiger partial charge in [-0.05, 0) is 24.9 Å². The predicted molar refractivity (Wildman–Crippen MR) is 69.6 cm³/mol. The van der Waals surface area contributed by atoms with Crippen molar-refractivity contribution < 1.29 is 9.63 Å². The fourth-order valence-corrected chi connectivity index (χ4v) is 2.27. The molecular weight excluding hydrogens is 228 g/mol. The topological polar surface area (TPSA) is 50.4 Å². The molecule has 4 heteroatoms. The average molecular weight is 248 g/mol. The third-order valence-corrected chi connectivity index (χ3v) is 3.65. The second-order valence-corrected chi connectivity index (χ2v) is 4.77. The van der Waals surface area contributed by atoms with Gasteiger partial charge in [-0.25, -0.2) is 5.48 Å². The van der Waals surface area contributed by atoms with E-state index in [0.717, 1.165) is 31.5 Å². The molecule has 1 fully saturated rings. The molecule has 4 nitrogen and oxygen atoms in total. The third kappa shape index (κ3) is 2.89. The van der Waals surface area contributed by atoms with Crippen LogP contribution in [0, 0.1) is 5.41 Å². The van der Waals surface area contributed by atoms with Crippen molar-refractivity contribution in [2.24, 2.45) is 5.41 Å². The van der Waals surface area contributed by atoms with E-state index in [1.165, 1.54) is 0 Å². The Kier molecular flexibility index (Phi) is 4.33. The molecule has 98 valence electrons. The molecule has 1 saturated heterocycles. The minimum absolute atomic E-state index is 0.00840. The summed E-state index contributed by atoms with van der Waals surface area (Å²) in [6.07, 6.45) is 1.71. The van der Waals surface area contributed by atoms with Crippen LogP contribution in [-0.2, 0) is 16.2 Å². The summed E-state index contributed by atoms with van der Waals surface area (Å²) < 4.78 is 0. The van der Waals surface area contributed by atoms with Gasteiger partial charge in [0.2, 0.25) is 0 Å². The summed E-state index contributed by atoms with van der Waals surface area (Å²) in [5.41, 5.74) is 3.34. The van der Waals surface area contributed by atoms with Gasteiger partial charge in [0.25, 0.3) is 5.91 Å². The molecule has 2 N–H and O–H groups in total. The molecule has 0 bridgehead atoms. The van der Waals surface area contributed by atoms with Gasteiger partial charge in [0.05, 0.1) is 12.0 Å². The van der Waals surface area contributed by atoms with E-state index in [2.05, 4.69) is 10.8 Å². The van der Waals surface area contributed by atoms with Crippen LogP contribution < -0.4 is 10.8 Å². The first-order valence-electron chi connectivity index (χ1n) is 6.44. The summed E-state index contributed by atoms with van der Waals surface area (Å²) in [5, 5.41) is 3.24. The Morgan fingerprint density at radius 3 is 2.83 bits per heavy atom. The molecule has 18 heavy (non-hydrogen) atoms. The lowest BCUT2D eigenvalue weighted by molar-refractivity contribution is -0.144. The SMILES string of the molecule is CCC1(C(=O)NOCc2ccccc2)CCNC1. The monoisotopic (exact) mass is 248 g/mol. The number of amides is 1. The zero-order valence-corrected chi connectivity index (χ0v) is 10.7. The Balaban J connectivity index is 1.81.